The summed E-state index contributed by atoms with van der Waals surface area (Å²) in [4.78, 5) is 29.3. The fraction of sp³-hybridized carbons (Fsp3) is 0.375. The van der Waals surface area contributed by atoms with E-state index in [2.05, 4.69) is 35.5 Å². The van der Waals surface area contributed by atoms with Crippen molar-refractivity contribution in [2.45, 2.75) is 51.9 Å². The van der Waals surface area contributed by atoms with Gasteiger partial charge in [-0.1, -0.05) is 43.7 Å². The van der Waals surface area contributed by atoms with Crippen molar-refractivity contribution in [1.82, 2.24) is 10.3 Å². The number of hydrogen-bond acceptors (Lipinski definition) is 3. The van der Waals surface area contributed by atoms with Crippen LogP contribution >= 0.6 is 0 Å². The predicted molar refractivity (Wildman–Crippen MR) is 116 cm³/mol. The van der Waals surface area contributed by atoms with Gasteiger partial charge in [0.1, 0.15) is 5.69 Å². The molecule has 0 unspecified atom stereocenters. The minimum absolute atomic E-state index is 0.248. The van der Waals surface area contributed by atoms with E-state index in [-0.39, 0.29) is 17.5 Å². The number of carbonyl (C=O) groups is 2. The Morgan fingerprint density at radius 2 is 1.93 bits per heavy atom. The first-order chi connectivity index (χ1) is 14.0. The molecular weight excluding hydrogens is 362 g/mol. The van der Waals surface area contributed by atoms with Crippen molar-refractivity contribution in [3.8, 4) is 0 Å². The summed E-state index contributed by atoms with van der Waals surface area (Å²) < 4.78 is 0. The number of benzene rings is 1. The Bertz CT molecular complexity index is 903. The molecule has 0 aliphatic heterocycles. The van der Waals surface area contributed by atoms with Gasteiger partial charge in [-0.2, -0.15) is 0 Å². The molecule has 3 rings (SSSR count). The molecule has 29 heavy (non-hydrogen) atoms. The number of rotatable bonds is 7. The molecule has 2 amide bonds. The summed E-state index contributed by atoms with van der Waals surface area (Å²) in [5.74, 6) is -0.204. The first kappa shape index (κ1) is 20.8. The van der Waals surface area contributed by atoms with Gasteiger partial charge in [0.2, 0.25) is 0 Å². The Morgan fingerprint density at radius 1 is 1.10 bits per heavy atom. The second-order valence-corrected chi connectivity index (χ2v) is 7.74. The number of nitrogens with zero attached hydrogens (tertiary/aromatic N) is 1. The van der Waals surface area contributed by atoms with Gasteiger partial charge in [0.05, 0.1) is 0 Å². The quantitative estimate of drug-likeness (QED) is 0.647. The lowest BCUT2D eigenvalue weighted by Crippen LogP contribution is -2.26. The maximum Gasteiger partial charge on any atom is 0.269 e. The summed E-state index contributed by atoms with van der Waals surface area (Å²) >= 11 is 0. The minimum atomic E-state index is -0.251. The van der Waals surface area contributed by atoms with Crippen molar-refractivity contribution in [2.75, 3.05) is 11.9 Å². The second kappa shape index (κ2) is 10.0. The van der Waals surface area contributed by atoms with Crippen molar-refractivity contribution >= 4 is 17.5 Å². The molecule has 152 valence electrons. The Balaban J connectivity index is 1.62. The maximum absolute atomic E-state index is 12.7. The van der Waals surface area contributed by atoms with E-state index in [4.69, 9.17) is 0 Å². The first-order valence-corrected chi connectivity index (χ1v) is 10.4. The van der Waals surface area contributed by atoms with Gasteiger partial charge in [-0.25, -0.2) is 0 Å². The van der Waals surface area contributed by atoms with Crippen molar-refractivity contribution < 1.29 is 9.59 Å². The second-order valence-electron chi connectivity index (χ2n) is 7.74. The number of hydrogen-bond donors (Lipinski definition) is 2. The van der Waals surface area contributed by atoms with Crippen molar-refractivity contribution in [3.63, 3.8) is 0 Å². The molecule has 1 aromatic heterocycles. The summed E-state index contributed by atoms with van der Waals surface area (Å²) in [6, 6.07) is 10.9. The third-order valence-corrected chi connectivity index (χ3v) is 5.20. The molecule has 1 aliphatic carbocycles. The number of carbonyl (C=O) groups excluding carboxylic acids is 2. The smallest absolute Gasteiger partial charge is 0.269 e. The van der Waals surface area contributed by atoms with Gasteiger partial charge in [0, 0.05) is 24.0 Å². The zero-order valence-electron chi connectivity index (χ0n) is 17.2. The van der Waals surface area contributed by atoms with E-state index < -0.39 is 0 Å². The van der Waals surface area contributed by atoms with Crippen LogP contribution in [0.2, 0.25) is 0 Å². The maximum atomic E-state index is 12.7. The van der Waals surface area contributed by atoms with E-state index in [0.717, 1.165) is 30.5 Å². The lowest BCUT2D eigenvalue weighted by molar-refractivity contribution is 0.0949. The summed E-state index contributed by atoms with van der Waals surface area (Å²) in [7, 11) is 0. The van der Waals surface area contributed by atoms with E-state index in [0.29, 0.717) is 18.0 Å². The van der Waals surface area contributed by atoms with Gasteiger partial charge in [-0.05, 0) is 61.8 Å². The number of aromatic nitrogens is 1. The summed E-state index contributed by atoms with van der Waals surface area (Å²) in [6.45, 7) is 4.76. The standard InChI is InChI=1S/C24H29N3O2/c1-17(2)20-10-6-7-11-21(20)27-23(28)19-13-15-25-22(16-19)24(29)26-14-12-18-8-4-3-5-9-18/h6-8,10-11,13,15-17H,3-5,9,12,14H2,1-2H3,(H,26,29)(H,27,28). The molecule has 0 fully saturated rings. The van der Waals surface area contributed by atoms with E-state index in [9.17, 15) is 9.59 Å². The van der Waals surface area contributed by atoms with E-state index in [1.807, 2.05) is 24.3 Å². The van der Waals surface area contributed by atoms with Crippen LogP contribution in [0.1, 0.15) is 78.3 Å². The molecule has 0 atom stereocenters. The average Bonchev–Trinajstić information content (AvgIpc) is 2.74. The normalized spacial score (nSPS) is 13.7. The molecule has 5 nitrogen and oxygen atoms in total. The number of pyridine rings is 1. The molecule has 0 saturated carbocycles. The van der Waals surface area contributed by atoms with Gasteiger partial charge in [0.25, 0.3) is 11.8 Å². The lowest BCUT2D eigenvalue weighted by Gasteiger charge is -2.14. The predicted octanol–water partition coefficient (Wildman–Crippen LogP) is 5.08. The van der Waals surface area contributed by atoms with E-state index in [1.54, 1.807) is 12.1 Å². The summed E-state index contributed by atoms with van der Waals surface area (Å²) in [6.07, 6.45) is 9.42. The summed E-state index contributed by atoms with van der Waals surface area (Å²) in [5.41, 5.74) is 3.95. The molecular formula is C24H29N3O2. The van der Waals surface area contributed by atoms with Crippen LogP contribution in [0.5, 0.6) is 0 Å². The Kier molecular flexibility index (Phi) is 7.17. The van der Waals surface area contributed by atoms with Crippen LogP contribution in [0.3, 0.4) is 0 Å². The van der Waals surface area contributed by atoms with Gasteiger partial charge >= 0.3 is 0 Å². The highest BCUT2D eigenvalue weighted by atomic mass is 16.2. The third kappa shape index (κ3) is 5.76. The van der Waals surface area contributed by atoms with E-state index in [1.165, 1.54) is 24.6 Å². The van der Waals surface area contributed by atoms with Crippen LogP contribution in [-0.2, 0) is 0 Å². The lowest BCUT2D eigenvalue weighted by atomic mass is 9.97. The molecule has 0 radical (unpaired) electrons. The highest BCUT2D eigenvalue weighted by molar-refractivity contribution is 6.06. The highest BCUT2D eigenvalue weighted by Crippen LogP contribution is 2.24. The highest BCUT2D eigenvalue weighted by Gasteiger charge is 2.14. The van der Waals surface area contributed by atoms with Crippen molar-refractivity contribution in [1.29, 1.82) is 0 Å². The molecule has 1 aromatic carbocycles. The number of amides is 2. The molecule has 5 heteroatoms. The molecule has 0 bridgehead atoms. The fourth-order valence-electron chi connectivity index (χ4n) is 3.56. The van der Waals surface area contributed by atoms with Crippen molar-refractivity contribution in [3.05, 3.63) is 71.1 Å². The minimum Gasteiger partial charge on any atom is -0.350 e. The number of anilines is 1. The van der Waals surface area contributed by atoms with Gasteiger partial charge < -0.3 is 10.6 Å². The summed E-state index contributed by atoms with van der Waals surface area (Å²) in [5, 5.41) is 5.87. The van der Waals surface area contributed by atoms with Crippen LogP contribution < -0.4 is 10.6 Å². The monoisotopic (exact) mass is 391 g/mol. The largest absolute Gasteiger partial charge is 0.350 e. The van der Waals surface area contributed by atoms with Crippen LogP contribution in [0.15, 0.2) is 54.2 Å². The number of para-hydroxylation sites is 1. The fourth-order valence-corrected chi connectivity index (χ4v) is 3.56. The first-order valence-electron chi connectivity index (χ1n) is 10.4. The van der Waals surface area contributed by atoms with Gasteiger partial charge in [0.15, 0.2) is 0 Å². The third-order valence-electron chi connectivity index (χ3n) is 5.20. The molecule has 2 N–H and O–H groups in total. The van der Waals surface area contributed by atoms with E-state index >= 15 is 0 Å². The van der Waals surface area contributed by atoms with Crippen LogP contribution in [0.25, 0.3) is 0 Å². The molecule has 1 aliphatic rings. The number of allylic oxidation sites excluding steroid dienone is 1. The Hall–Kier alpha value is -2.95. The SMILES string of the molecule is CC(C)c1ccccc1NC(=O)c1ccnc(C(=O)NCCC2=CCCCC2)c1. The molecule has 1 heterocycles. The van der Waals surface area contributed by atoms with Gasteiger partial charge in [-0.3, -0.25) is 14.6 Å². The molecule has 0 saturated heterocycles. The van der Waals surface area contributed by atoms with Crippen LogP contribution in [0.4, 0.5) is 5.69 Å². The number of nitrogens with one attached hydrogen (secondary N) is 2. The zero-order chi connectivity index (χ0) is 20.6. The molecule has 2 aromatic rings. The van der Waals surface area contributed by atoms with Crippen LogP contribution in [-0.4, -0.2) is 23.3 Å². The van der Waals surface area contributed by atoms with Gasteiger partial charge in [-0.15, -0.1) is 0 Å². The Labute approximate surface area is 172 Å². The molecule has 0 spiro atoms. The zero-order valence-corrected chi connectivity index (χ0v) is 17.2. The Morgan fingerprint density at radius 3 is 2.69 bits per heavy atom. The van der Waals surface area contributed by atoms with Crippen molar-refractivity contribution in [2.24, 2.45) is 0 Å². The topological polar surface area (TPSA) is 71.1 Å². The average molecular weight is 392 g/mol. The van der Waals surface area contributed by atoms with Crippen LogP contribution in [0, 0.1) is 0 Å².